The van der Waals surface area contributed by atoms with E-state index in [-0.39, 0.29) is 23.6 Å². The van der Waals surface area contributed by atoms with Crippen LogP contribution in [0.1, 0.15) is 61.6 Å². The molecule has 3 N–H and O–H groups in total. The Kier molecular flexibility index (Phi) is 5.28. The van der Waals surface area contributed by atoms with Crippen LogP contribution in [-0.2, 0) is 6.54 Å². The molecule has 5 rings (SSSR count). The van der Waals surface area contributed by atoms with Crippen molar-refractivity contribution < 1.29 is 9.90 Å². The fourth-order valence-electron chi connectivity index (χ4n) is 4.83. The van der Waals surface area contributed by atoms with E-state index in [0.29, 0.717) is 12.2 Å². The third kappa shape index (κ3) is 4.16. The molecule has 0 saturated heterocycles. The molecule has 33 heavy (non-hydrogen) atoms. The third-order valence-electron chi connectivity index (χ3n) is 6.36. The van der Waals surface area contributed by atoms with Gasteiger partial charge in [-0.2, -0.15) is 10.2 Å². The van der Waals surface area contributed by atoms with Gasteiger partial charge in [0.2, 0.25) is 0 Å². The lowest BCUT2D eigenvalue weighted by molar-refractivity contribution is 0.0587. The van der Waals surface area contributed by atoms with Crippen molar-refractivity contribution in [3.8, 4) is 0 Å². The maximum atomic E-state index is 13.1. The molecular weight excluding hydrogens is 420 g/mol. The molecule has 0 spiro atoms. The first-order valence-electron chi connectivity index (χ1n) is 11.3. The number of nitrogens with one attached hydrogen (secondary N) is 2. The van der Waals surface area contributed by atoms with E-state index < -0.39 is 5.60 Å². The Morgan fingerprint density at radius 1 is 1.15 bits per heavy atom. The Bertz CT molecular complexity index is 1370. The Labute approximate surface area is 190 Å². The summed E-state index contributed by atoms with van der Waals surface area (Å²) in [5.74, 6) is 0.0412. The summed E-state index contributed by atoms with van der Waals surface area (Å²) < 4.78 is 3.29. The number of fused-ring (bicyclic) bond motifs is 2. The summed E-state index contributed by atoms with van der Waals surface area (Å²) in [5, 5.41) is 25.6. The lowest BCUT2D eigenvalue weighted by atomic mass is 9.83. The highest BCUT2D eigenvalue weighted by Crippen LogP contribution is 2.33. The number of hydrogen-bond acceptors (Lipinski definition) is 5. The van der Waals surface area contributed by atoms with E-state index in [1.165, 1.54) is 0 Å². The van der Waals surface area contributed by atoms with Gasteiger partial charge in [0.05, 0.1) is 28.9 Å². The Balaban J connectivity index is 1.30. The number of benzene rings is 1. The van der Waals surface area contributed by atoms with Crippen LogP contribution in [-0.4, -0.2) is 47.0 Å². The second-order valence-electron chi connectivity index (χ2n) is 9.54. The predicted molar refractivity (Wildman–Crippen MR) is 124 cm³/mol. The summed E-state index contributed by atoms with van der Waals surface area (Å²) in [6.45, 7) is 3.74. The lowest BCUT2D eigenvalue weighted by Crippen LogP contribution is -2.38. The first-order valence-corrected chi connectivity index (χ1v) is 11.3. The van der Waals surface area contributed by atoms with Crippen molar-refractivity contribution in [1.82, 2.24) is 29.7 Å². The minimum Gasteiger partial charge on any atom is -0.389 e. The molecule has 9 nitrogen and oxygen atoms in total. The zero-order chi connectivity index (χ0) is 23.2. The van der Waals surface area contributed by atoms with Gasteiger partial charge in [-0.05, 0) is 57.7 Å². The van der Waals surface area contributed by atoms with Gasteiger partial charge >= 0.3 is 5.69 Å². The zero-order valence-electron chi connectivity index (χ0n) is 18.8. The van der Waals surface area contributed by atoms with Crippen molar-refractivity contribution in [1.29, 1.82) is 0 Å². The quantitative estimate of drug-likeness (QED) is 0.434. The van der Waals surface area contributed by atoms with Gasteiger partial charge in [-0.3, -0.25) is 13.9 Å². The Hall–Kier alpha value is -3.46. The van der Waals surface area contributed by atoms with Crippen molar-refractivity contribution in [2.75, 3.05) is 0 Å². The molecule has 3 heterocycles. The number of amides is 1. The minimum atomic E-state index is -0.942. The number of para-hydroxylation sites is 1. The highest BCUT2D eigenvalue weighted by Gasteiger charge is 2.28. The maximum Gasteiger partial charge on any atom is 0.346 e. The van der Waals surface area contributed by atoms with Crippen LogP contribution in [0.3, 0.4) is 0 Å². The van der Waals surface area contributed by atoms with Crippen molar-refractivity contribution in [3.63, 3.8) is 0 Å². The molecular formula is C24H28N6O3. The maximum absolute atomic E-state index is 13.1. The molecule has 9 heteroatoms. The highest BCUT2D eigenvalue weighted by atomic mass is 16.3. The van der Waals surface area contributed by atoms with Gasteiger partial charge < -0.3 is 10.4 Å². The van der Waals surface area contributed by atoms with E-state index in [4.69, 9.17) is 0 Å². The van der Waals surface area contributed by atoms with Gasteiger partial charge in [0.15, 0.2) is 5.69 Å². The van der Waals surface area contributed by atoms with Crippen LogP contribution in [0.4, 0.5) is 0 Å². The van der Waals surface area contributed by atoms with E-state index in [1.807, 2.05) is 36.4 Å². The molecule has 1 saturated carbocycles. The molecule has 1 fully saturated rings. The second-order valence-corrected chi connectivity index (χ2v) is 9.54. The first-order chi connectivity index (χ1) is 15.8. The van der Waals surface area contributed by atoms with Crippen molar-refractivity contribution in [2.45, 2.75) is 63.6 Å². The lowest BCUT2D eigenvalue weighted by Gasteiger charge is -2.28. The van der Waals surface area contributed by atoms with Gasteiger partial charge in [-0.15, -0.1) is 0 Å². The summed E-state index contributed by atoms with van der Waals surface area (Å²) in [6, 6.07) is 11.4. The smallest absolute Gasteiger partial charge is 0.346 e. The number of H-pyrrole nitrogens is 1. The van der Waals surface area contributed by atoms with Crippen LogP contribution in [0, 0.1) is 0 Å². The average molecular weight is 449 g/mol. The molecule has 0 bridgehead atoms. The van der Waals surface area contributed by atoms with Crippen LogP contribution in [0.5, 0.6) is 0 Å². The molecule has 1 aliphatic carbocycles. The molecule has 1 aliphatic rings. The monoisotopic (exact) mass is 448 g/mol. The minimum absolute atomic E-state index is 0.0533. The van der Waals surface area contributed by atoms with Crippen LogP contribution in [0.25, 0.3) is 16.4 Å². The van der Waals surface area contributed by atoms with Gasteiger partial charge in [0.25, 0.3) is 5.91 Å². The van der Waals surface area contributed by atoms with E-state index in [9.17, 15) is 14.7 Å². The van der Waals surface area contributed by atoms with Crippen molar-refractivity contribution in [3.05, 3.63) is 64.5 Å². The first kappa shape index (κ1) is 21.4. The SMILES string of the molecule is CC(C)(O)Cn1nc(C(=O)NC2CCC(c3n[nH]c(=O)n4cccc34)CC2)c2ccccc21. The highest BCUT2D eigenvalue weighted by molar-refractivity contribution is 6.05. The summed E-state index contributed by atoms with van der Waals surface area (Å²) in [6.07, 6.45) is 5.14. The van der Waals surface area contributed by atoms with E-state index in [1.54, 1.807) is 29.1 Å². The molecule has 1 amide bonds. The van der Waals surface area contributed by atoms with E-state index >= 15 is 0 Å². The van der Waals surface area contributed by atoms with Crippen LogP contribution >= 0.6 is 0 Å². The molecule has 4 aromatic rings. The standard InChI is InChI=1S/C24H28N6O3/c1-24(2,33)14-30-18-7-4-3-6-17(18)21(28-30)22(31)25-16-11-9-15(10-12-16)20-19-8-5-13-29(19)23(32)27-26-20/h3-8,13,15-16,33H,9-12,14H2,1-2H3,(H,25,31)(H,27,32). The number of aliphatic hydroxyl groups is 1. The predicted octanol–water partition coefficient (Wildman–Crippen LogP) is 2.60. The van der Waals surface area contributed by atoms with Crippen molar-refractivity contribution >= 4 is 22.3 Å². The number of carbonyl (C=O) groups is 1. The van der Waals surface area contributed by atoms with Crippen LogP contribution in [0.2, 0.25) is 0 Å². The van der Waals surface area contributed by atoms with Gasteiger partial charge in [0, 0.05) is 23.5 Å². The summed E-state index contributed by atoms with van der Waals surface area (Å²) in [5.41, 5.74) is 1.77. The molecule has 1 aromatic carbocycles. The molecule has 0 unspecified atom stereocenters. The van der Waals surface area contributed by atoms with Crippen LogP contribution < -0.4 is 11.0 Å². The number of nitrogens with zero attached hydrogens (tertiary/aromatic N) is 4. The summed E-state index contributed by atoms with van der Waals surface area (Å²) in [4.78, 5) is 25.1. The Morgan fingerprint density at radius 3 is 2.64 bits per heavy atom. The summed E-state index contributed by atoms with van der Waals surface area (Å²) >= 11 is 0. The number of carbonyl (C=O) groups excluding carboxylic acids is 1. The molecule has 0 atom stereocenters. The van der Waals surface area contributed by atoms with E-state index in [0.717, 1.165) is 47.8 Å². The largest absolute Gasteiger partial charge is 0.389 e. The number of aromatic amines is 1. The Morgan fingerprint density at radius 2 is 1.88 bits per heavy atom. The van der Waals surface area contributed by atoms with Crippen molar-refractivity contribution in [2.24, 2.45) is 0 Å². The fourth-order valence-corrected chi connectivity index (χ4v) is 4.83. The number of rotatable bonds is 5. The third-order valence-corrected chi connectivity index (χ3v) is 6.36. The molecule has 3 aromatic heterocycles. The van der Waals surface area contributed by atoms with E-state index in [2.05, 4.69) is 20.6 Å². The molecule has 0 aliphatic heterocycles. The summed E-state index contributed by atoms with van der Waals surface area (Å²) in [7, 11) is 0. The number of hydrogen-bond donors (Lipinski definition) is 3. The molecule has 0 radical (unpaired) electrons. The normalized spacial score (nSPS) is 19.2. The fraction of sp³-hybridized carbons (Fsp3) is 0.417. The molecule has 172 valence electrons. The number of aromatic nitrogens is 5. The average Bonchev–Trinajstić information content (AvgIpc) is 3.40. The van der Waals surface area contributed by atoms with Crippen LogP contribution in [0.15, 0.2) is 47.4 Å². The van der Waals surface area contributed by atoms with Gasteiger partial charge in [0.1, 0.15) is 0 Å². The second kappa shape index (κ2) is 8.15. The zero-order valence-corrected chi connectivity index (χ0v) is 18.8. The van der Waals surface area contributed by atoms with Gasteiger partial charge in [-0.25, -0.2) is 9.89 Å². The van der Waals surface area contributed by atoms with Gasteiger partial charge in [-0.1, -0.05) is 18.2 Å². The topological polar surface area (TPSA) is 117 Å².